The molecule has 4 rings (SSSR count). The molecule has 0 saturated carbocycles. The summed E-state index contributed by atoms with van der Waals surface area (Å²) in [6, 6.07) is 5.84. The van der Waals surface area contributed by atoms with E-state index >= 15 is 0 Å². The van der Waals surface area contributed by atoms with Crippen LogP contribution < -0.4 is 9.47 Å². The molecule has 0 aliphatic carbocycles. The van der Waals surface area contributed by atoms with Crippen molar-refractivity contribution in [3.05, 3.63) is 42.6 Å². The first-order chi connectivity index (χ1) is 10.2. The van der Waals surface area contributed by atoms with Crippen molar-refractivity contribution in [1.82, 2.24) is 19.1 Å². The smallest absolute Gasteiger partial charge is 0.231 e. The average Bonchev–Trinajstić information content (AvgIpc) is 3.18. The molecule has 6 nitrogen and oxygen atoms in total. The Labute approximate surface area is 121 Å². The normalized spacial score (nSPS) is 12.9. The first-order valence-corrected chi connectivity index (χ1v) is 6.66. The topological polar surface area (TPSA) is 54.1 Å². The summed E-state index contributed by atoms with van der Waals surface area (Å²) in [7, 11) is 1.97. The second-order valence-corrected chi connectivity index (χ2v) is 4.94. The number of benzene rings is 1. The third kappa shape index (κ3) is 1.87. The van der Waals surface area contributed by atoms with Crippen LogP contribution in [0.4, 0.5) is 0 Å². The molecule has 0 saturated heterocycles. The highest BCUT2D eigenvalue weighted by molar-refractivity contribution is 5.57. The fraction of sp³-hybridized carbons (Fsp3) is 0.200. The van der Waals surface area contributed by atoms with Gasteiger partial charge in [-0.3, -0.25) is 4.57 Å². The lowest BCUT2D eigenvalue weighted by Crippen LogP contribution is -1.96. The lowest BCUT2D eigenvalue weighted by molar-refractivity contribution is 0.174. The second-order valence-electron chi connectivity index (χ2n) is 4.94. The second kappa shape index (κ2) is 4.37. The molecule has 0 radical (unpaired) electrons. The number of fused-ring (bicyclic) bond motifs is 1. The number of nitrogens with zero attached hydrogens (tertiary/aromatic N) is 4. The van der Waals surface area contributed by atoms with E-state index in [1.165, 1.54) is 0 Å². The van der Waals surface area contributed by atoms with Crippen LogP contribution in [0.15, 0.2) is 36.8 Å². The Balaban J connectivity index is 1.82. The Kier molecular flexibility index (Phi) is 2.50. The van der Waals surface area contributed by atoms with Gasteiger partial charge in [0.05, 0.1) is 5.69 Å². The van der Waals surface area contributed by atoms with E-state index in [1.807, 2.05) is 53.7 Å². The lowest BCUT2D eigenvalue weighted by atomic mass is 10.2. The van der Waals surface area contributed by atoms with E-state index in [1.54, 1.807) is 6.20 Å². The van der Waals surface area contributed by atoms with Gasteiger partial charge in [0, 0.05) is 31.7 Å². The number of rotatable bonds is 2. The molecule has 1 aliphatic rings. The van der Waals surface area contributed by atoms with Crippen molar-refractivity contribution in [1.29, 1.82) is 0 Å². The maximum absolute atomic E-state index is 5.43. The summed E-state index contributed by atoms with van der Waals surface area (Å²) in [5.74, 6) is 3.28. The summed E-state index contributed by atoms with van der Waals surface area (Å²) in [5.41, 5.74) is 1.81. The maximum atomic E-state index is 5.43. The van der Waals surface area contributed by atoms with Crippen molar-refractivity contribution in [2.75, 3.05) is 6.79 Å². The van der Waals surface area contributed by atoms with Gasteiger partial charge in [0.2, 0.25) is 6.79 Å². The van der Waals surface area contributed by atoms with Gasteiger partial charge in [0.1, 0.15) is 11.5 Å². The van der Waals surface area contributed by atoms with E-state index in [2.05, 4.69) is 9.97 Å². The number of hydrogen-bond acceptors (Lipinski definition) is 4. The Morgan fingerprint density at radius 1 is 1.19 bits per heavy atom. The van der Waals surface area contributed by atoms with Crippen LogP contribution in [0.25, 0.3) is 17.2 Å². The first kappa shape index (κ1) is 12.0. The van der Waals surface area contributed by atoms with Crippen molar-refractivity contribution in [2.45, 2.75) is 6.92 Å². The fourth-order valence-corrected chi connectivity index (χ4v) is 2.40. The Morgan fingerprint density at radius 2 is 2.05 bits per heavy atom. The van der Waals surface area contributed by atoms with E-state index in [-0.39, 0.29) is 6.79 Å². The van der Waals surface area contributed by atoms with Crippen LogP contribution in [0.2, 0.25) is 0 Å². The molecule has 21 heavy (non-hydrogen) atoms. The molecule has 0 spiro atoms. The van der Waals surface area contributed by atoms with Crippen molar-refractivity contribution in [2.24, 2.45) is 7.05 Å². The van der Waals surface area contributed by atoms with Gasteiger partial charge in [-0.05, 0) is 19.1 Å². The number of aryl methyl sites for hydroxylation is 2. The van der Waals surface area contributed by atoms with Crippen LogP contribution in [0, 0.1) is 6.92 Å². The minimum absolute atomic E-state index is 0.273. The molecule has 1 aromatic carbocycles. The van der Waals surface area contributed by atoms with Crippen molar-refractivity contribution >= 4 is 0 Å². The predicted molar refractivity (Wildman–Crippen MR) is 76.6 cm³/mol. The Morgan fingerprint density at radius 3 is 2.86 bits per heavy atom. The molecule has 6 heteroatoms. The first-order valence-electron chi connectivity index (χ1n) is 6.66. The summed E-state index contributed by atoms with van der Waals surface area (Å²) in [5, 5.41) is 0. The molecular weight excluding hydrogens is 268 g/mol. The molecule has 0 atom stereocenters. The fourth-order valence-electron chi connectivity index (χ4n) is 2.40. The standard InChI is InChI=1S/C15H14N4O2/c1-10-17-12(8-18(10)2)15-16-5-6-19(15)11-3-4-13-14(7-11)21-9-20-13/h3-8H,9H2,1-2H3. The molecule has 3 heterocycles. The van der Waals surface area contributed by atoms with Gasteiger partial charge in [-0.15, -0.1) is 0 Å². The van der Waals surface area contributed by atoms with Crippen molar-refractivity contribution in [3.8, 4) is 28.7 Å². The summed E-state index contributed by atoms with van der Waals surface area (Å²) in [4.78, 5) is 8.96. The molecule has 3 aromatic rings. The molecule has 1 aliphatic heterocycles. The van der Waals surface area contributed by atoms with Crippen LogP contribution in [-0.2, 0) is 7.05 Å². The number of ether oxygens (including phenoxy) is 2. The van der Waals surface area contributed by atoms with E-state index in [0.29, 0.717) is 0 Å². The highest BCUT2D eigenvalue weighted by Crippen LogP contribution is 2.34. The van der Waals surface area contributed by atoms with Crippen LogP contribution in [0.1, 0.15) is 5.82 Å². The Bertz CT molecular complexity index is 799. The van der Waals surface area contributed by atoms with Gasteiger partial charge in [-0.2, -0.15) is 0 Å². The van der Waals surface area contributed by atoms with Crippen LogP contribution in [-0.4, -0.2) is 25.9 Å². The summed E-state index contributed by atoms with van der Waals surface area (Å²) in [6.07, 6.45) is 5.65. The summed E-state index contributed by atoms with van der Waals surface area (Å²) >= 11 is 0. The van der Waals surface area contributed by atoms with E-state index in [9.17, 15) is 0 Å². The third-order valence-corrected chi connectivity index (χ3v) is 3.61. The number of imidazole rings is 2. The molecule has 0 amide bonds. The molecule has 2 aromatic heterocycles. The molecule has 0 unspecified atom stereocenters. The lowest BCUT2D eigenvalue weighted by Gasteiger charge is -2.07. The highest BCUT2D eigenvalue weighted by Gasteiger charge is 2.16. The molecule has 0 bridgehead atoms. The minimum atomic E-state index is 0.273. The zero-order valence-electron chi connectivity index (χ0n) is 11.8. The Hall–Kier alpha value is -2.76. The molecule has 0 N–H and O–H groups in total. The third-order valence-electron chi connectivity index (χ3n) is 3.61. The van der Waals surface area contributed by atoms with Crippen LogP contribution in [0.3, 0.4) is 0 Å². The SMILES string of the molecule is Cc1nc(-c2nccn2-c2ccc3c(c2)OCO3)cn1C. The average molecular weight is 282 g/mol. The zero-order valence-corrected chi connectivity index (χ0v) is 11.8. The van der Waals surface area contributed by atoms with E-state index < -0.39 is 0 Å². The number of aromatic nitrogens is 4. The van der Waals surface area contributed by atoms with Gasteiger partial charge >= 0.3 is 0 Å². The summed E-state index contributed by atoms with van der Waals surface area (Å²) in [6.45, 7) is 2.24. The quantitative estimate of drug-likeness (QED) is 0.723. The predicted octanol–water partition coefficient (Wildman–Crippen LogP) is 2.31. The van der Waals surface area contributed by atoms with Gasteiger partial charge in [-0.1, -0.05) is 0 Å². The van der Waals surface area contributed by atoms with Crippen LogP contribution >= 0.6 is 0 Å². The van der Waals surface area contributed by atoms with Crippen molar-refractivity contribution < 1.29 is 9.47 Å². The highest BCUT2D eigenvalue weighted by atomic mass is 16.7. The molecular formula is C15H14N4O2. The van der Waals surface area contributed by atoms with Gasteiger partial charge in [0.25, 0.3) is 0 Å². The largest absolute Gasteiger partial charge is 0.454 e. The van der Waals surface area contributed by atoms with E-state index in [0.717, 1.165) is 34.5 Å². The van der Waals surface area contributed by atoms with Crippen molar-refractivity contribution in [3.63, 3.8) is 0 Å². The van der Waals surface area contributed by atoms with Gasteiger partial charge in [-0.25, -0.2) is 9.97 Å². The van der Waals surface area contributed by atoms with Gasteiger partial charge < -0.3 is 14.0 Å². The van der Waals surface area contributed by atoms with Crippen LogP contribution in [0.5, 0.6) is 11.5 Å². The minimum Gasteiger partial charge on any atom is -0.454 e. The maximum Gasteiger partial charge on any atom is 0.231 e. The van der Waals surface area contributed by atoms with Gasteiger partial charge in [0.15, 0.2) is 17.3 Å². The van der Waals surface area contributed by atoms with E-state index in [4.69, 9.17) is 9.47 Å². The molecule has 0 fully saturated rings. The summed E-state index contributed by atoms with van der Waals surface area (Å²) < 4.78 is 14.7. The number of hydrogen-bond donors (Lipinski definition) is 0. The monoisotopic (exact) mass is 282 g/mol. The zero-order chi connectivity index (χ0) is 14.4. The molecule has 106 valence electrons.